The standard InChI is InChI=1S/C10H18O5S/c1-9(2,3)8-12-4-10(5-13-8)6-14-16(11)15-7-10/h8H,4-7H2,1-3H3. The van der Waals surface area contributed by atoms with Crippen molar-refractivity contribution in [2.45, 2.75) is 27.1 Å². The van der Waals surface area contributed by atoms with Crippen molar-refractivity contribution >= 4 is 11.4 Å². The minimum absolute atomic E-state index is 0.0409. The van der Waals surface area contributed by atoms with E-state index in [4.69, 9.17) is 17.8 Å². The Balaban J connectivity index is 1.92. The van der Waals surface area contributed by atoms with E-state index in [9.17, 15) is 4.21 Å². The molecule has 2 fully saturated rings. The van der Waals surface area contributed by atoms with Crippen LogP contribution >= 0.6 is 0 Å². The van der Waals surface area contributed by atoms with Gasteiger partial charge in [-0.2, -0.15) is 4.21 Å². The van der Waals surface area contributed by atoms with Gasteiger partial charge in [-0.3, -0.25) is 8.37 Å². The van der Waals surface area contributed by atoms with Crippen LogP contribution in [0.5, 0.6) is 0 Å². The van der Waals surface area contributed by atoms with Gasteiger partial charge in [-0.25, -0.2) is 0 Å². The predicted molar refractivity (Wildman–Crippen MR) is 57.6 cm³/mol. The van der Waals surface area contributed by atoms with Crippen LogP contribution in [0.1, 0.15) is 20.8 Å². The maximum atomic E-state index is 10.9. The fourth-order valence-electron chi connectivity index (χ4n) is 1.68. The smallest absolute Gasteiger partial charge is 0.304 e. The van der Waals surface area contributed by atoms with Crippen molar-refractivity contribution in [1.29, 1.82) is 0 Å². The summed E-state index contributed by atoms with van der Waals surface area (Å²) in [6, 6.07) is 0. The Hall–Kier alpha value is -0.0100. The van der Waals surface area contributed by atoms with E-state index in [1.807, 2.05) is 0 Å². The predicted octanol–water partition coefficient (Wildman–Crippen LogP) is 1.02. The quantitative estimate of drug-likeness (QED) is 0.642. The van der Waals surface area contributed by atoms with Crippen LogP contribution in [0.25, 0.3) is 0 Å². The fraction of sp³-hybridized carbons (Fsp3) is 1.00. The fourth-order valence-corrected chi connectivity index (χ4v) is 2.44. The molecule has 6 heteroatoms. The molecule has 0 amide bonds. The van der Waals surface area contributed by atoms with E-state index in [1.165, 1.54) is 0 Å². The van der Waals surface area contributed by atoms with Gasteiger partial charge in [-0.1, -0.05) is 20.8 Å². The summed E-state index contributed by atoms with van der Waals surface area (Å²) in [4.78, 5) is 0. The highest BCUT2D eigenvalue weighted by Crippen LogP contribution is 2.34. The molecule has 0 radical (unpaired) electrons. The molecular weight excluding hydrogens is 232 g/mol. The van der Waals surface area contributed by atoms with Gasteiger partial charge in [0.15, 0.2) is 6.29 Å². The van der Waals surface area contributed by atoms with E-state index < -0.39 is 11.4 Å². The third-order valence-electron chi connectivity index (χ3n) is 2.71. The average Bonchev–Trinajstić information content (AvgIpc) is 2.22. The topological polar surface area (TPSA) is 54.0 Å². The molecule has 0 aromatic carbocycles. The van der Waals surface area contributed by atoms with Crippen molar-refractivity contribution in [3.05, 3.63) is 0 Å². The van der Waals surface area contributed by atoms with Crippen LogP contribution in [0.3, 0.4) is 0 Å². The molecular formula is C10H18O5S. The van der Waals surface area contributed by atoms with E-state index in [0.717, 1.165) is 0 Å². The number of hydrogen-bond acceptors (Lipinski definition) is 5. The lowest BCUT2D eigenvalue weighted by molar-refractivity contribution is -0.276. The highest BCUT2D eigenvalue weighted by molar-refractivity contribution is 7.75. The number of ether oxygens (including phenoxy) is 2. The van der Waals surface area contributed by atoms with E-state index in [0.29, 0.717) is 26.4 Å². The Bertz CT molecular complexity index is 265. The zero-order valence-corrected chi connectivity index (χ0v) is 10.7. The summed E-state index contributed by atoms with van der Waals surface area (Å²) in [5.41, 5.74) is -0.337. The van der Waals surface area contributed by atoms with Gasteiger partial charge in [0.25, 0.3) is 0 Å². The first-order chi connectivity index (χ1) is 7.41. The monoisotopic (exact) mass is 250 g/mol. The van der Waals surface area contributed by atoms with Crippen LogP contribution in [0, 0.1) is 10.8 Å². The van der Waals surface area contributed by atoms with Gasteiger partial charge in [-0.15, -0.1) is 0 Å². The second-order valence-electron chi connectivity index (χ2n) is 5.55. The first-order valence-corrected chi connectivity index (χ1v) is 6.33. The zero-order chi connectivity index (χ0) is 11.8. The summed E-state index contributed by atoms with van der Waals surface area (Å²) in [5, 5.41) is 0. The molecule has 2 saturated heterocycles. The number of hydrogen-bond donors (Lipinski definition) is 0. The van der Waals surface area contributed by atoms with Gasteiger partial charge in [-0.05, 0) is 0 Å². The highest BCUT2D eigenvalue weighted by atomic mass is 32.2. The molecule has 0 aliphatic carbocycles. The Morgan fingerprint density at radius 3 is 2.00 bits per heavy atom. The molecule has 0 aromatic rings. The van der Waals surface area contributed by atoms with Gasteiger partial charge >= 0.3 is 11.4 Å². The van der Waals surface area contributed by atoms with E-state index in [-0.39, 0.29) is 17.1 Å². The third-order valence-corrected chi connectivity index (χ3v) is 3.33. The van der Waals surface area contributed by atoms with Crippen LogP contribution in [-0.2, 0) is 29.2 Å². The van der Waals surface area contributed by atoms with E-state index >= 15 is 0 Å². The Morgan fingerprint density at radius 1 is 1.06 bits per heavy atom. The van der Waals surface area contributed by atoms with Crippen molar-refractivity contribution in [2.75, 3.05) is 26.4 Å². The Kier molecular flexibility index (Phi) is 3.38. The molecule has 2 rings (SSSR count). The largest absolute Gasteiger partial charge is 0.351 e. The summed E-state index contributed by atoms with van der Waals surface area (Å²) >= 11 is -1.60. The molecule has 0 aromatic heterocycles. The first kappa shape index (κ1) is 12.4. The minimum Gasteiger partial charge on any atom is -0.351 e. The SMILES string of the molecule is CC(C)(C)C1OCC2(CO1)COS(=O)OC2. The molecule has 0 atom stereocenters. The van der Waals surface area contributed by atoms with Crippen molar-refractivity contribution in [2.24, 2.45) is 10.8 Å². The van der Waals surface area contributed by atoms with Gasteiger partial charge in [0, 0.05) is 5.41 Å². The van der Waals surface area contributed by atoms with Crippen molar-refractivity contribution in [3.8, 4) is 0 Å². The molecule has 1 spiro atoms. The second kappa shape index (κ2) is 4.34. The molecule has 2 aliphatic rings. The maximum Gasteiger partial charge on any atom is 0.304 e. The molecule has 2 heterocycles. The average molecular weight is 250 g/mol. The molecule has 0 bridgehead atoms. The Morgan fingerprint density at radius 2 is 1.56 bits per heavy atom. The van der Waals surface area contributed by atoms with Gasteiger partial charge in [0.05, 0.1) is 31.8 Å². The summed E-state index contributed by atoms with van der Waals surface area (Å²) in [5.74, 6) is 0. The van der Waals surface area contributed by atoms with Crippen LogP contribution < -0.4 is 0 Å². The molecule has 94 valence electrons. The highest BCUT2D eigenvalue weighted by Gasteiger charge is 2.44. The summed E-state index contributed by atoms with van der Waals surface area (Å²) in [6.07, 6.45) is -0.203. The van der Waals surface area contributed by atoms with Gasteiger partial charge < -0.3 is 9.47 Å². The lowest BCUT2D eigenvalue weighted by Crippen LogP contribution is -2.52. The van der Waals surface area contributed by atoms with Crippen LogP contribution in [-0.4, -0.2) is 36.9 Å². The number of rotatable bonds is 0. The zero-order valence-electron chi connectivity index (χ0n) is 9.86. The maximum absolute atomic E-state index is 10.9. The second-order valence-corrected chi connectivity index (χ2v) is 6.43. The molecule has 2 aliphatic heterocycles. The molecule has 5 nitrogen and oxygen atoms in total. The minimum atomic E-state index is -1.60. The normalized spacial score (nSPS) is 41.2. The summed E-state index contributed by atoms with van der Waals surface area (Å²) < 4.78 is 32.2. The van der Waals surface area contributed by atoms with E-state index in [1.54, 1.807) is 0 Å². The lowest BCUT2D eigenvalue weighted by Gasteiger charge is -2.44. The van der Waals surface area contributed by atoms with Crippen LogP contribution in [0.4, 0.5) is 0 Å². The first-order valence-electron chi connectivity index (χ1n) is 5.33. The van der Waals surface area contributed by atoms with Gasteiger partial charge in [0.1, 0.15) is 0 Å². The molecule has 0 N–H and O–H groups in total. The van der Waals surface area contributed by atoms with Crippen molar-refractivity contribution in [3.63, 3.8) is 0 Å². The van der Waals surface area contributed by atoms with Crippen LogP contribution in [0.2, 0.25) is 0 Å². The van der Waals surface area contributed by atoms with E-state index in [2.05, 4.69) is 20.8 Å². The molecule has 16 heavy (non-hydrogen) atoms. The summed E-state index contributed by atoms with van der Waals surface area (Å²) in [6.45, 7) is 7.96. The summed E-state index contributed by atoms with van der Waals surface area (Å²) in [7, 11) is 0. The van der Waals surface area contributed by atoms with Gasteiger partial charge in [0.2, 0.25) is 0 Å². The lowest BCUT2D eigenvalue weighted by atomic mass is 9.89. The Labute approximate surface area is 98.3 Å². The molecule has 0 saturated carbocycles. The van der Waals surface area contributed by atoms with Crippen molar-refractivity contribution < 1.29 is 22.0 Å². The third kappa shape index (κ3) is 2.62. The van der Waals surface area contributed by atoms with Crippen LogP contribution in [0.15, 0.2) is 0 Å². The van der Waals surface area contributed by atoms with Crippen molar-refractivity contribution in [1.82, 2.24) is 0 Å². The molecule has 0 unspecified atom stereocenters.